The van der Waals surface area contributed by atoms with Crippen molar-refractivity contribution in [3.05, 3.63) is 47.5 Å². The fourth-order valence-corrected chi connectivity index (χ4v) is 4.43. The van der Waals surface area contributed by atoms with Gasteiger partial charge in [0, 0.05) is 45.2 Å². The Kier molecular flexibility index (Phi) is 6.44. The maximum atomic E-state index is 4.43. The maximum Gasteiger partial charge on any atom is 0.191 e. The first kappa shape index (κ1) is 19.9. The molecule has 0 aliphatic carbocycles. The zero-order valence-corrected chi connectivity index (χ0v) is 17.6. The van der Waals surface area contributed by atoms with Crippen LogP contribution in [0.2, 0.25) is 0 Å². The minimum atomic E-state index is 0.405. The summed E-state index contributed by atoms with van der Waals surface area (Å²) in [5.41, 5.74) is 1.38. The van der Waals surface area contributed by atoms with E-state index in [0.29, 0.717) is 18.6 Å². The van der Waals surface area contributed by atoms with Gasteiger partial charge in [0.25, 0.3) is 0 Å². The highest BCUT2D eigenvalue weighted by molar-refractivity contribution is 5.79. The molecule has 29 heavy (non-hydrogen) atoms. The molecule has 0 saturated carbocycles. The van der Waals surface area contributed by atoms with Crippen LogP contribution in [0, 0.1) is 0 Å². The molecule has 2 aliphatic rings. The van der Waals surface area contributed by atoms with Crippen LogP contribution in [-0.4, -0.2) is 51.8 Å². The number of nitrogens with one attached hydrogen (secondary N) is 2. The van der Waals surface area contributed by atoms with E-state index in [9.17, 15) is 0 Å². The summed E-state index contributed by atoms with van der Waals surface area (Å²) in [5.74, 6) is 2.98. The molecule has 7 nitrogen and oxygen atoms in total. The molecule has 2 aliphatic heterocycles. The van der Waals surface area contributed by atoms with Gasteiger partial charge in [-0.25, -0.2) is 0 Å². The second kappa shape index (κ2) is 9.39. The summed E-state index contributed by atoms with van der Waals surface area (Å²) in [6.07, 6.45) is 5.87. The highest BCUT2D eigenvalue weighted by Crippen LogP contribution is 2.24. The van der Waals surface area contributed by atoms with E-state index in [1.807, 2.05) is 7.05 Å². The molecule has 2 N–H and O–H groups in total. The van der Waals surface area contributed by atoms with E-state index < -0.39 is 0 Å². The molecule has 1 saturated heterocycles. The third kappa shape index (κ3) is 4.78. The van der Waals surface area contributed by atoms with Crippen molar-refractivity contribution in [1.29, 1.82) is 0 Å². The van der Waals surface area contributed by atoms with Crippen LogP contribution in [0.4, 0.5) is 0 Å². The van der Waals surface area contributed by atoms with Crippen LogP contribution in [0.25, 0.3) is 0 Å². The summed E-state index contributed by atoms with van der Waals surface area (Å²) in [6.45, 7) is 6.10. The van der Waals surface area contributed by atoms with E-state index >= 15 is 0 Å². The highest BCUT2D eigenvalue weighted by Gasteiger charge is 2.27. The minimum Gasteiger partial charge on any atom is -0.352 e. The van der Waals surface area contributed by atoms with Gasteiger partial charge in [-0.2, -0.15) is 0 Å². The SMILES string of the molecule is CN=C(NCc1nnc2n1CCCCC2)NC1CCN(C(C)c2ccccc2)C1. The highest BCUT2D eigenvalue weighted by atomic mass is 15.3. The molecule has 1 fully saturated rings. The van der Waals surface area contributed by atoms with Crippen LogP contribution in [0.3, 0.4) is 0 Å². The summed E-state index contributed by atoms with van der Waals surface area (Å²) >= 11 is 0. The molecule has 4 rings (SSSR count). The van der Waals surface area contributed by atoms with Crippen molar-refractivity contribution in [3.63, 3.8) is 0 Å². The molecule has 2 aromatic rings. The van der Waals surface area contributed by atoms with Crippen molar-refractivity contribution in [2.24, 2.45) is 4.99 Å². The Bertz CT molecular complexity index is 814. The van der Waals surface area contributed by atoms with Gasteiger partial charge in [-0.3, -0.25) is 9.89 Å². The Hall–Kier alpha value is -2.41. The summed E-state index contributed by atoms with van der Waals surface area (Å²) in [5, 5.41) is 15.8. The quantitative estimate of drug-likeness (QED) is 0.601. The fourth-order valence-electron chi connectivity index (χ4n) is 4.43. The Balaban J connectivity index is 1.29. The Morgan fingerprint density at radius 2 is 2.03 bits per heavy atom. The number of likely N-dealkylation sites (tertiary alicyclic amines) is 1. The molecule has 1 aromatic heterocycles. The van der Waals surface area contributed by atoms with Crippen LogP contribution in [0.5, 0.6) is 0 Å². The standard InChI is InChI=1S/C22H33N7/c1-17(18-9-5-3-6-10-18)28-14-12-19(16-28)25-22(23-2)24-15-21-27-26-20-11-7-4-8-13-29(20)21/h3,5-6,9-10,17,19H,4,7-8,11-16H2,1-2H3,(H2,23,24,25). The van der Waals surface area contributed by atoms with Gasteiger partial charge in [-0.05, 0) is 31.7 Å². The molecule has 0 radical (unpaired) electrons. The number of hydrogen-bond donors (Lipinski definition) is 2. The van der Waals surface area contributed by atoms with E-state index in [2.05, 4.69) is 72.5 Å². The third-order valence-electron chi connectivity index (χ3n) is 6.21. The van der Waals surface area contributed by atoms with Crippen LogP contribution in [-0.2, 0) is 19.5 Å². The molecule has 1 aromatic carbocycles. The molecule has 0 spiro atoms. The van der Waals surface area contributed by atoms with E-state index in [1.165, 1.54) is 24.8 Å². The normalized spacial score (nSPS) is 21.4. The number of guanidine groups is 1. The number of hydrogen-bond acceptors (Lipinski definition) is 4. The lowest BCUT2D eigenvalue weighted by molar-refractivity contribution is 0.258. The zero-order valence-electron chi connectivity index (χ0n) is 17.6. The monoisotopic (exact) mass is 395 g/mol. The summed E-state index contributed by atoms with van der Waals surface area (Å²) < 4.78 is 2.28. The Morgan fingerprint density at radius 1 is 1.17 bits per heavy atom. The number of nitrogens with zero attached hydrogens (tertiary/aromatic N) is 5. The molecule has 3 heterocycles. The molecule has 156 valence electrons. The predicted molar refractivity (Wildman–Crippen MR) is 116 cm³/mol. The lowest BCUT2D eigenvalue weighted by Gasteiger charge is -2.25. The number of aliphatic imine (C=N–C) groups is 1. The largest absolute Gasteiger partial charge is 0.352 e. The van der Waals surface area contributed by atoms with Gasteiger partial charge < -0.3 is 15.2 Å². The van der Waals surface area contributed by atoms with E-state index in [-0.39, 0.29) is 0 Å². The first-order valence-corrected chi connectivity index (χ1v) is 10.9. The van der Waals surface area contributed by atoms with E-state index in [1.54, 1.807) is 0 Å². The van der Waals surface area contributed by atoms with E-state index in [4.69, 9.17) is 0 Å². The van der Waals surface area contributed by atoms with E-state index in [0.717, 1.165) is 50.1 Å². The van der Waals surface area contributed by atoms with Crippen molar-refractivity contribution in [1.82, 2.24) is 30.3 Å². The summed E-state index contributed by atoms with van der Waals surface area (Å²) in [6, 6.07) is 11.6. The van der Waals surface area contributed by atoms with Crippen LogP contribution < -0.4 is 10.6 Å². The van der Waals surface area contributed by atoms with Crippen molar-refractivity contribution in [3.8, 4) is 0 Å². The van der Waals surface area contributed by atoms with Crippen LogP contribution in [0.1, 0.15) is 55.9 Å². The number of aryl methyl sites for hydroxylation is 1. The Morgan fingerprint density at radius 3 is 2.86 bits per heavy atom. The van der Waals surface area contributed by atoms with Crippen LogP contribution in [0.15, 0.2) is 35.3 Å². The maximum absolute atomic E-state index is 4.43. The average Bonchev–Trinajstić information content (AvgIpc) is 3.31. The minimum absolute atomic E-state index is 0.405. The molecule has 0 bridgehead atoms. The van der Waals surface area contributed by atoms with Crippen molar-refractivity contribution >= 4 is 5.96 Å². The van der Waals surface area contributed by atoms with Crippen molar-refractivity contribution < 1.29 is 0 Å². The van der Waals surface area contributed by atoms with Gasteiger partial charge in [0.15, 0.2) is 11.8 Å². The second-order valence-electron chi connectivity index (χ2n) is 8.13. The number of rotatable bonds is 5. The van der Waals surface area contributed by atoms with Crippen molar-refractivity contribution in [2.45, 2.75) is 64.2 Å². The molecule has 2 unspecified atom stereocenters. The Labute approximate surface area is 173 Å². The molecule has 7 heteroatoms. The first-order valence-electron chi connectivity index (χ1n) is 10.9. The third-order valence-corrected chi connectivity index (χ3v) is 6.21. The molecule has 0 amide bonds. The van der Waals surface area contributed by atoms with Gasteiger partial charge in [-0.1, -0.05) is 36.8 Å². The fraction of sp³-hybridized carbons (Fsp3) is 0.591. The lowest BCUT2D eigenvalue weighted by atomic mass is 10.1. The second-order valence-corrected chi connectivity index (χ2v) is 8.13. The average molecular weight is 396 g/mol. The smallest absolute Gasteiger partial charge is 0.191 e. The van der Waals surface area contributed by atoms with Gasteiger partial charge in [0.1, 0.15) is 5.82 Å². The summed E-state index contributed by atoms with van der Waals surface area (Å²) in [7, 11) is 1.83. The van der Waals surface area contributed by atoms with Gasteiger partial charge in [-0.15, -0.1) is 10.2 Å². The molecular formula is C22H33N7. The lowest BCUT2D eigenvalue weighted by Crippen LogP contribution is -2.44. The van der Waals surface area contributed by atoms with Crippen LogP contribution >= 0.6 is 0 Å². The van der Waals surface area contributed by atoms with Gasteiger partial charge >= 0.3 is 0 Å². The topological polar surface area (TPSA) is 70.4 Å². The van der Waals surface area contributed by atoms with Gasteiger partial charge in [0.2, 0.25) is 0 Å². The molecular weight excluding hydrogens is 362 g/mol. The summed E-state index contributed by atoms with van der Waals surface area (Å²) in [4.78, 5) is 6.97. The number of benzene rings is 1. The zero-order chi connectivity index (χ0) is 20.1. The first-order chi connectivity index (χ1) is 14.2. The predicted octanol–water partition coefficient (Wildman–Crippen LogP) is 2.50. The number of aromatic nitrogens is 3. The number of fused-ring (bicyclic) bond motifs is 1. The molecule has 2 atom stereocenters. The van der Waals surface area contributed by atoms with Crippen molar-refractivity contribution in [2.75, 3.05) is 20.1 Å². The van der Waals surface area contributed by atoms with Gasteiger partial charge in [0.05, 0.1) is 6.54 Å².